The van der Waals surface area contributed by atoms with Crippen molar-refractivity contribution in [2.24, 2.45) is 0 Å². The molecular formula is C14H16N2O. The molecule has 0 aliphatic rings. The molecular weight excluding hydrogens is 212 g/mol. The first kappa shape index (κ1) is 11.6. The van der Waals surface area contributed by atoms with Gasteiger partial charge in [0.15, 0.2) is 0 Å². The summed E-state index contributed by atoms with van der Waals surface area (Å²) in [5.41, 5.74) is 8.25. The third-order valence-corrected chi connectivity index (χ3v) is 2.29. The summed E-state index contributed by atoms with van der Waals surface area (Å²) in [6, 6.07) is 20.0. The van der Waals surface area contributed by atoms with Crippen LogP contribution in [0, 0.1) is 0 Å². The summed E-state index contributed by atoms with van der Waals surface area (Å²) in [7, 11) is 0. The molecule has 3 heteroatoms. The zero-order chi connectivity index (χ0) is 11.8. The fourth-order valence-electron chi connectivity index (χ4n) is 1.45. The van der Waals surface area contributed by atoms with E-state index in [2.05, 4.69) is 10.9 Å². The average Bonchev–Trinajstić information content (AvgIpc) is 2.41. The Kier molecular flexibility index (Phi) is 4.57. The topological polar surface area (TPSA) is 33.3 Å². The van der Waals surface area contributed by atoms with Crippen LogP contribution in [-0.2, 0) is 11.3 Å². The van der Waals surface area contributed by atoms with Gasteiger partial charge in [-0.05, 0) is 17.7 Å². The summed E-state index contributed by atoms with van der Waals surface area (Å²) in [6.07, 6.45) is 0. The van der Waals surface area contributed by atoms with E-state index < -0.39 is 0 Å². The van der Waals surface area contributed by atoms with Gasteiger partial charge >= 0.3 is 0 Å². The number of nitrogens with one attached hydrogen (secondary N) is 2. The second-order valence-electron chi connectivity index (χ2n) is 3.65. The molecule has 0 heterocycles. The first-order chi connectivity index (χ1) is 8.45. The van der Waals surface area contributed by atoms with Gasteiger partial charge in [-0.25, -0.2) is 5.43 Å². The molecule has 0 amide bonds. The van der Waals surface area contributed by atoms with Gasteiger partial charge in [0.25, 0.3) is 0 Å². The number of hydrogen-bond donors (Lipinski definition) is 2. The van der Waals surface area contributed by atoms with Crippen LogP contribution < -0.4 is 10.9 Å². The Bertz CT molecular complexity index is 375. The van der Waals surface area contributed by atoms with E-state index in [4.69, 9.17) is 4.74 Å². The van der Waals surface area contributed by atoms with Crippen molar-refractivity contribution in [1.82, 2.24) is 5.43 Å². The lowest BCUT2D eigenvalue weighted by Crippen LogP contribution is -2.24. The SMILES string of the molecule is c1ccc(COCNNc2ccccc2)cc1. The number of hydrogen-bond acceptors (Lipinski definition) is 3. The molecule has 17 heavy (non-hydrogen) atoms. The number of benzene rings is 2. The van der Waals surface area contributed by atoms with Crippen LogP contribution in [0.4, 0.5) is 5.69 Å². The summed E-state index contributed by atoms with van der Waals surface area (Å²) in [5.74, 6) is 0. The van der Waals surface area contributed by atoms with Gasteiger partial charge in [0.05, 0.1) is 6.61 Å². The standard InChI is InChI=1S/C14H16N2O/c1-3-7-13(8-4-1)11-17-12-15-16-14-9-5-2-6-10-14/h1-10,15-16H,11-12H2. The normalized spacial score (nSPS) is 10.1. The number of anilines is 1. The summed E-state index contributed by atoms with van der Waals surface area (Å²) >= 11 is 0. The van der Waals surface area contributed by atoms with E-state index in [9.17, 15) is 0 Å². The van der Waals surface area contributed by atoms with Gasteiger partial charge in [0.2, 0.25) is 0 Å². The lowest BCUT2D eigenvalue weighted by atomic mass is 10.2. The van der Waals surface area contributed by atoms with E-state index in [1.165, 1.54) is 5.56 Å². The minimum Gasteiger partial charge on any atom is -0.360 e. The number of para-hydroxylation sites is 1. The van der Waals surface area contributed by atoms with Crippen LogP contribution in [0.1, 0.15) is 5.56 Å². The van der Waals surface area contributed by atoms with Gasteiger partial charge < -0.3 is 10.2 Å². The molecule has 0 unspecified atom stereocenters. The Morgan fingerprint density at radius 1 is 0.824 bits per heavy atom. The molecule has 0 saturated carbocycles. The second-order valence-corrected chi connectivity index (χ2v) is 3.65. The Morgan fingerprint density at radius 3 is 2.18 bits per heavy atom. The van der Waals surface area contributed by atoms with Crippen molar-refractivity contribution in [2.45, 2.75) is 6.61 Å². The van der Waals surface area contributed by atoms with E-state index in [-0.39, 0.29) is 0 Å². The fraction of sp³-hybridized carbons (Fsp3) is 0.143. The number of hydrazine groups is 1. The van der Waals surface area contributed by atoms with Gasteiger partial charge in [-0.1, -0.05) is 48.5 Å². The largest absolute Gasteiger partial charge is 0.360 e. The van der Waals surface area contributed by atoms with Crippen molar-refractivity contribution in [1.29, 1.82) is 0 Å². The van der Waals surface area contributed by atoms with Crippen molar-refractivity contribution >= 4 is 5.69 Å². The van der Waals surface area contributed by atoms with Crippen LogP contribution in [0.15, 0.2) is 60.7 Å². The zero-order valence-electron chi connectivity index (χ0n) is 9.60. The first-order valence-electron chi connectivity index (χ1n) is 5.61. The van der Waals surface area contributed by atoms with Crippen molar-refractivity contribution in [2.75, 3.05) is 12.2 Å². The van der Waals surface area contributed by atoms with E-state index >= 15 is 0 Å². The van der Waals surface area contributed by atoms with Crippen LogP contribution in [0.25, 0.3) is 0 Å². The highest BCUT2D eigenvalue weighted by molar-refractivity contribution is 5.41. The highest BCUT2D eigenvalue weighted by Gasteiger charge is 1.91. The Morgan fingerprint density at radius 2 is 1.47 bits per heavy atom. The fourth-order valence-corrected chi connectivity index (χ4v) is 1.45. The molecule has 0 bridgehead atoms. The predicted octanol–water partition coefficient (Wildman–Crippen LogP) is 2.78. The number of ether oxygens (including phenoxy) is 1. The molecule has 0 atom stereocenters. The molecule has 0 spiro atoms. The quantitative estimate of drug-likeness (QED) is 0.453. The molecule has 2 aromatic carbocycles. The van der Waals surface area contributed by atoms with Crippen LogP contribution in [0.5, 0.6) is 0 Å². The summed E-state index contributed by atoms with van der Waals surface area (Å²) in [5, 5.41) is 0. The molecule has 0 aliphatic heterocycles. The minimum absolute atomic E-state index is 0.462. The van der Waals surface area contributed by atoms with Crippen molar-refractivity contribution in [3.63, 3.8) is 0 Å². The third kappa shape index (κ3) is 4.26. The highest BCUT2D eigenvalue weighted by atomic mass is 16.5. The van der Waals surface area contributed by atoms with Crippen LogP contribution >= 0.6 is 0 Å². The molecule has 88 valence electrons. The molecule has 2 rings (SSSR count). The van der Waals surface area contributed by atoms with Crippen LogP contribution in [0.2, 0.25) is 0 Å². The lowest BCUT2D eigenvalue weighted by Gasteiger charge is -2.08. The van der Waals surface area contributed by atoms with Gasteiger partial charge in [0.1, 0.15) is 6.73 Å². The molecule has 0 fully saturated rings. The smallest absolute Gasteiger partial charge is 0.114 e. The lowest BCUT2D eigenvalue weighted by molar-refractivity contribution is 0.108. The Labute approximate surface area is 101 Å². The maximum Gasteiger partial charge on any atom is 0.114 e. The molecule has 2 N–H and O–H groups in total. The van der Waals surface area contributed by atoms with E-state index in [0.29, 0.717) is 13.3 Å². The highest BCUT2D eigenvalue weighted by Crippen LogP contribution is 2.02. The Balaban J connectivity index is 1.61. The number of rotatable bonds is 6. The minimum atomic E-state index is 0.462. The molecule has 2 aromatic rings. The maximum atomic E-state index is 5.47. The third-order valence-electron chi connectivity index (χ3n) is 2.29. The molecule has 0 radical (unpaired) electrons. The second kappa shape index (κ2) is 6.68. The van der Waals surface area contributed by atoms with Crippen molar-refractivity contribution in [3.8, 4) is 0 Å². The van der Waals surface area contributed by atoms with Crippen LogP contribution in [-0.4, -0.2) is 6.73 Å². The average molecular weight is 228 g/mol. The predicted molar refractivity (Wildman–Crippen MR) is 69.3 cm³/mol. The van der Waals surface area contributed by atoms with Gasteiger partial charge in [-0.2, -0.15) is 0 Å². The maximum absolute atomic E-state index is 5.47. The van der Waals surface area contributed by atoms with Crippen molar-refractivity contribution in [3.05, 3.63) is 66.2 Å². The van der Waals surface area contributed by atoms with E-state index in [1.807, 2.05) is 60.7 Å². The molecule has 3 nitrogen and oxygen atoms in total. The summed E-state index contributed by atoms with van der Waals surface area (Å²) in [6.45, 7) is 1.08. The van der Waals surface area contributed by atoms with Crippen LogP contribution in [0.3, 0.4) is 0 Å². The van der Waals surface area contributed by atoms with E-state index in [0.717, 1.165) is 5.69 Å². The molecule has 0 aliphatic carbocycles. The summed E-state index contributed by atoms with van der Waals surface area (Å²) in [4.78, 5) is 0. The monoisotopic (exact) mass is 228 g/mol. The first-order valence-corrected chi connectivity index (χ1v) is 5.61. The van der Waals surface area contributed by atoms with Gasteiger partial charge in [-0.15, -0.1) is 0 Å². The molecule has 0 aromatic heterocycles. The molecule has 0 saturated heterocycles. The van der Waals surface area contributed by atoms with Crippen molar-refractivity contribution < 1.29 is 4.74 Å². The van der Waals surface area contributed by atoms with E-state index in [1.54, 1.807) is 0 Å². The summed E-state index contributed by atoms with van der Waals surface area (Å²) < 4.78 is 5.47. The van der Waals surface area contributed by atoms with Gasteiger partial charge in [-0.3, -0.25) is 0 Å². The zero-order valence-corrected chi connectivity index (χ0v) is 9.60. The van der Waals surface area contributed by atoms with Gasteiger partial charge in [0, 0.05) is 5.69 Å². The Hall–Kier alpha value is -1.84.